The van der Waals surface area contributed by atoms with Gasteiger partial charge in [-0.25, -0.2) is 0 Å². The number of carbonyl (C=O) groups excluding carboxylic acids is 1. The molecule has 0 atom stereocenters. The first kappa shape index (κ1) is 13.9. The highest BCUT2D eigenvalue weighted by atomic mass is 32.1. The topological polar surface area (TPSA) is 64.3 Å². The lowest BCUT2D eigenvalue weighted by Gasteiger charge is -2.10. The van der Waals surface area contributed by atoms with Gasteiger partial charge in [-0.1, -0.05) is 0 Å². The van der Waals surface area contributed by atoms with Gasteiger partial charge in [-0.3, -0.25) is 4.79 Å². The van der Waals surface area contributed by atoms with E-state index < -0.39 is 0 Å². The Bertz CT molecular complexity index is 657. The molecule has 1 aromatic carbocycles. The summed E-state index contributed by atoms with van der Waals surface area (Å²) in [6, 6.07) is 7.46. The maximum absolute atomic E-state index is 12.2. The monoisotopic (exact) mass is 302 g/mol. The van der Waals surface area contributed by atoms with Crippen molar-refractivity contribution in [3.8, 4) is 5.75 Å². The number of fused-ring (bicyclic) bond motifs is 1. The molecule has 0 spiro atoms. The molecular weight excluding hydrogens is 284 g/mol. The van der Waals surface area contributed by atoms with E-state index in [1.54, 1.807) is 24.5 Å². The van der Waals surface area contributed by atoms with Gasteiger partial charge in [0.05, 0.1) is 12.0 Å². The molecule has 0 unspecified atom stereocenters. The standard InChI is InChI=1S/C16H18N2O2S/c1-20-13-6-5-12(17)7-11(13)9-18-16(19)15-8-10-3-2-4-14(10)21-15/h5-8H,2-4,9,17H2,1H3,(H,18,19). The van der Waals surface area contributed by atoms with Gasteiger partial charge in [-0.15, -0.1) is 11.3 Å². The van der Waals surface area contributed by atoms with Crippen molar-refractivity contribution in [2.45, 2.75) is 25.8 Å². The Morgan fingerprint density at radius 2 is 2.24 bits per heavy atom. The maximum Gasteiger partial charge on any atom is 0.261 e. The Morgan fingerprint density at radius 1 is 1.38 bits per heavy atom. The summed E-state index contributed by atoms with van der Waals surface area (Å²) in [5, 5.41) is 2.94. The Balaban J connectivity index is 1.69. The Hall–Kier alpha value is -2.01. The summed E-state index contributed by atoms with van der Waals surface area (Å²) in [4.78, 5) is 14.4. The second-order valence-corrected chi connectivity index (χ2v) is 6.30. The molecule has 0 fully saturated rings. The van der Waals surface area contributed by atoms with Crippen LogP contribution in [0, 0.1) is 0 Å². The van der Waals surface area contributed by atoms with Crippen molar-refractivity contribution in [2.24, 2.45) is 0 Å². The van der Waals surface area contributed by atoms with Gasteiger partial charge in [0.2, 0.25) is 0 Å². The van der Waals surface area contributed by atoms with E-state index in [4.69, 9.17) is 10.5 Å². The van der Waals surface area contributed by atoms with Gasteiger partial charge in [-0.05, 0) is 49.1 Å². The molecule has 0 bridgehead atoms. The number of nitrogens with one attached hydrogen (secondary N) is 1. The third kappa shape index (κ3) is 2.88. The van der Waals surface area contributed by atoms with E-state index in [0.717, 1.165) is 29.0 Å². The first-order valence-corrected chi connectivity index (χ1v) is 7.81. The number of carbonyl (C=O) groups is 1. The second kappa shape index (κ2) is 5.77. The number of hydrogen-bond acceptors (Lipinski definition) is 4. The van der Waals surface area contributed by atoms with E-state index in [-0.39, 0.29) is 5.91 Å². The van der Waals surface area contributed by atoms with Gasteiger partial charge in [0.1, 0.15) is 5.75 Å². The summed E-state index contributed by atoms with van der Waals surface area (Å²) in [6.45, 7) is 0.412. The smallest absolute Gasteiger partial charge is 0.261 e. The van der Waals surface area contributed by atoms with Gasteiger partial charge >= 0.3 is 0 Å². The van der Waals surface area contributed by atoms with E-state index >= 15 is 0 Å². The van der Waals surface area contributed by atoms with Crippen LogP contribution in [0.1, 0.15) is 32.1 Å². The van der Waals surface area contributed by atoms with Crippen molar-refractivity contribution in [2.75, 3.05) is 12.8 Å². The number of ether oxygens (including phenoxy) is 1. The molecule has 0 saturated carbocycles. The second-order valence-electron chi connectivity index (χ2n) is 5.17. The van der Waals surface area contributed by atoms with Crippen molar-refractivity contribution in [3.63, 3.8) is 0 Å². The quantitative estimate of drug-likeness (QED) is 0.854. The number of benzene rings is 1. The third-order valence-electron chi connectivity index (χ3n) is 3.71. The van der Waals surface area contributed by atoms with E-state index in [0.29, 0.717) is 12.2 Å². The molecule has 5 heteroatoms. The molecule has 2 aromatic rings. The predicted octanol–water partition coefficient (Wildman–Crippen LogP) is 2.76. The lowest BCUT2D eigenvalue weighted by Crippen LogP contribution is -2.22. The van der Waals surface area contributed by atoms with Crippen LogP contribution in [0.25, 0.3) is 0 Å². The summed E-state index contributed by atoms with van der Waals surface area (Å²) in [6.07, 6.45) is 3.42. The molecule has 3 N–H and O–H groups in total. The zero-order valence-electron chi connectivity index (χ0n) is 11.9. The number of amides is 1. The van der Waals surface area contributed by atoms with Crippen LogP contribution in [0.4, 0.5) is 5.69 Å². The van der Waals surface area contributed by atoms with Crippen molar-refractivity contribution in [1.82, 2.24) is 5.32 Å². The van der Waals surface area contributed by atoms with Crippen LogP contribution >= 0.6 is 11.3 Å². The van der Waals surface area contributed by atoms with Gasteiger partial charge in [0.25, 0.3) is 5.91 Å². The lowest BCUT2D eigenvalue weighted by molar-refractivity contribution is 0.0954. The molecule has 110 valence electrons. The number of anilines is 1. The third-order valence-corrected chi connectivity index (χ3v) is 4.95. The molecule has 0 saturated heterocycles. The fourth-order valence-electron chi connectivity index (χ4n) is 2.64. The average molecular weight is 302 g/mol. The molecule has 1 aliphatic carbocycles. The predicted molar refractivity (Wildman–Crippen MR) is 84.9 cm³/mol. The van der Waals surface area contributed by atoms with Crippen LogP contribution in [-0.2, 0) is 19.4 Å². The zero-order valence-corrected chi connectivity index (χ0v) is 12.8. The van der Waals surface area contributed by atoms with Crippen LogP contribution in [0.2, 0.25) is 0 Å². The summed E-state index contributed by atoms with van der Waals surface area (Å²) < 4.78 is 5.28. The van der Waals surface area contributed by atoms with Crippen LogP contribution in [0.15, 0.2) is 24.3 Å². The minimum Gasteiger partial charge on any atom is -0.496 e. The SMILES string of the molecule is COc1ccc(N)cc1CNC(=O)c1cc2c(s1)CCC2. The van der Waals surface area contributed by atoms with Crippen LogP contribution in [0.3, 0.4) is 0 Å². The summed E-state index contributed by atoms with van der Waals surface area (Å²) >= 11 is 1.61. The first-order valence-electron chi connectivity index (χ1n) is 6.99. The van der Waals surface area contributed by atoms with Gasteiger partial charge < -0.3 is 15.8 Å². The minimum atomic E-state index is -0.0288. The maximum atomic E-state index is 12.2. The number of hydrogen-bond donors (Lipinski definition) is 2. The average Bonchev–Trinajstić information content (AvgIpc) is 3.06. The Labute approximate surface area is 127 Å². The zero-order chi connectivity index (χ0) is 14.8. The number of rotatable bonds is 4. The van der Waals surface area contributed by atoms with Gasteiger partial charge in [0, 0.05) is 22.7 Å². The largest absolute Gasteiger partial charge is 0.496 e. The lowest BCUT2D eigenvalue weighted by atomic mass is 10.1. The van der Waals surface area contributed by atoms with Gasteiger partial charge in [-0.2, -0.15) is 0 Å². The number of nitrogen functional groups attached to an aromatic ring is 1. The normalized spacial score (nSPS) is 13.0. The van der Waals surface area contributed by atoms with Crippen LogP contribution in [-0.4, -0.2) is 13.0 Å². The van der Waals surface area contributed by atoms with E-state index in [1.807, 2.05) is 18.2 Å². The minimum absolute atomic E-state index is 0.0288. The highest BCUT2D eigenvalue weighted by Gasteiger charge is 2.18. The van der Waals surface area contributed by atoms with Crippen molar-refractivity contribution < 1.29 is 9.53 Å². The van der Waals surface area contributed by atoms with Crippen molar-refractivity contribution in [3.05, 3.63) is 45.1 Å². The number of thiophene rings is 1. The fourth-order valence-corrected chi connectivity index (χ4v) is 3.81. The highest BCUT2D eigenvalue weighted by Crippen LogP contribution is 2.30. The summed E-state index contributed by atoms with van der Waals surface area (Å²) in [5.74, 6) is 0.706. The fraction of sp³-hybridized carbons (Fsp3) is 0.312. The van der Waals surface area contributed by atoms with Crippen LogP contribution in [0.5, 0.6) is 5.75 Å². The molecule has 0 radical (unpaired) electrons. The molecule has 0 aliphatic heterocycles. The molecular formula is C16H18N2O2S. The number of nitrogens with two attached hydrogens (primary N) is 1. The first-order chi connectivity index (χ1) is 10.2. The molecule has 4 nitrogen and oxygen atoms in total. The molecule has 21 heavy (non-hydrogen) atoms. The van der Waals surface area contributed by atoms with E-state index in [1.165, 1.54) is 16.9 Å². The van der Waals surface area contributed by atoms with E-state index in [9.17, 15) is 4.79 Å². The summed E-state index contributed by atoms with van der Waals surface area (Å²) in [5.41, 5.74) is 8.67. The Morgan fingerprint density at radius 3 is 3.00 bits per heavy atom. The highest BCUT2D eigenvalue weighted by molar-refractivity contribution is 7.14. The molecule has 1 heterocycles. The number of methoxy groups -OCH3 is 1. The van der Waals surface area contributed by atoms with Crippen molar-refractivity contribution >= 4 is 22.9 Å². The molecule has 1 amide bonds. The van der Waals surface area contributed by atoms with Crippen LogP contribution < -0.4 is 15.8 Å². The molecule has 3 rings (SSSR count). The van der Waals surface area contributed by atoms with Gasteiger partial charge in [0.15, 0.2) is 0 Å². The van der Waals surface area contributed by atoms with Crippen molar-refractivity contribution in [1.29, 1.82) is 0 Å². The molecule has 1 aliphatic rings. The number of aryl methyl sites for hydroxylation is 2. The summed E-state index contributed by atoms with van der Waals surface area (Å²) in [7, 11) is 1.61. The molecule has 1 aromatic heterocycles. The Kier molecular flexibility index (Phi) is 3.84. The van der Waals surface area contributed by atoms with E-state index in [2.05, 4.69) is 5.32 Å².